The van der Waals surface area contributed by atoms with E-state index in [1.165, 1.54) is 35.3 Å². The Bertz CT molecular complexity index is 930. The van der Waals surface area contributed by atoms with Crippen molar-refractivity contribution >= 4 is 23.2 Å². The van der Waals surface area contributed by atoms with Crippen molar-refractivity contribution in [2.45, 2.75) is 19.2 Å². The van der Waals surface area contributed by atoms with Gasteiger partial charge in [-0.05, 0) is 25.1 Å². The first-order valence-electron chi connectivity index (χ1n) is 7.28. The van der Waals surface area contributed by atoms with Gasteiger partial charge in [0, 0.05) is 22.8 Å². The summed E-state index contributed by atoms with van der Waals surface area (Å²) in [6, 6.07) is 6.79. The van der Waals surface area contributed by atoms with Crippen LogP contribution in [0.4, 0.5) is 13.2 Å². The van der Waals surface area contributed by atoms with Gasteiger partial charge in [-0.1, -0.05) is 29.3 Å². The predicted molar refractivity (Wildman–Crippen MR) is 89.8 cm³/mol. The first-order valence-corrected chi connectivity index (χ1v) is 8.03. The van der Waals surface area contributed by atoms with Crippen molar-refractivity contribution in [1.82, 2.24) is 20.0 Å². The fraction of sp³-hybridized carbons (Fsp3) is 0.188. The lowest BCUT2D eigenvalue weighted by Gasteiger charge is -2.23. The largest absolute Gasteiger partial charge is 0.459 e. The van der Waals surface area contributed by atoms with E-state index in [2.05, 4.69) is 15.3 Å². The Hall–Kier alpha value is -2.32. The van der Waals surface area contributed by atoms with E-state index < -0.39 is 12.3 Å². The first kappa shape index (κ1) is 18.5. The van der Waals surface area contributed by atoms with Gasteiger partial charge >= 0.3 is 6.18 Å². The van der Waals surface area contributed by atoms with Gasteiger partial charge in [-0.3, -0.25) is 0 Å². The molecule has 1 aromatic carbocycles. The Balaban J connectivity index is 2.10. The van der Waals surface area contributed by atoms with Crippen LogP contribution in [0.25, 0.3) is 5.69 Å². The molecule has 0 spiro atoms. The topological polar surface area (TPSA) is 52.8 Å². The lowest BCUT2D eigenvalue weighted by Crippen LogP contribution is -2.27. The number of hydrogen-bond donors (Lipinski definition) is 0. The summed E-state index contributed by atoms with van der Waals surface area (Å²) in [6.07, 6.45) is -4.31. The molecule has 26 heavy (non-hydrogen) atoms. The number of halogens is 5. The predicted octanol–water partition coefficient (Wildman–Crippen LogP) is 4.96. The third-order valence-electron chi connectivity index (χ3n) is 3.38. The number of aryl methyl sites for hydroxylation is 1. The van der Waals surface area contributed by atoms with Crippen LogP contribution in [-0.4, -0.2) is 26.2 Å². The minimum absolute atomic E-state index is 0.106. The highest BCUT2D eigenvalue weighted by Crippen LogP contribution is 2.39. The molecule has 0 saturated carbocycles. The second-order valence-electron chi connectivity index (χ2n) is 5.36. The highest BCUT2D eigenvalue weighted by Gasteiger charge is 2.45. The van der Waals surface area contributed by atoms with Crippen LogP contribution in [0.5, 0.6) is 5.88 Å². The van der Waals surface area contributed by atoms with Crippen LogP contribution >= 0.6 is 23.2 Å². The lowest BCUT2D eigenvalue weighted by molar-refractivity contribution is -0.198. The Kier molecular flexibility index (Phi) is 5.06. The normalized spacial score (nSPS) is 12.8. The van der Waals surface area contributed by atoms with Crippen LogP contribution in [-0.2, 0) is 0 Å². The van der Waals surface area contributed by atoms with Crippen LogP contribution in [0, 0.1) is 6.92 Å². The first-order chi connectivity index (χ1) is 12.2. The second-order valence-corrected chi connectivity index (χ2v) is 6.23. The Morgan fingerprint density at radius 1 is 1.12 bits per heavy atom. The van der Waals surface area contributed by atoms with Crippen molar-refractivity contribution in [3.05, 3.63) is 64.0 Å². The van der Waals surface area contributed by atoms with E-state index >= 15 is 0 Å². The molecule has 1 atom stereocenters. The summed E-state index contributed by atoms with van der Waals surface area (Å²) in [5.41, 5.74) is 0.607. The van der Waals surface area contributed by atoms with Gasteiger partial charge in [-0.15, -0.1) is 5.10 Å². The molecule has 2 aromatic heterocycles. The highest BCUT2D eigenvalue weighted by molar-refractivity contribution is 6.31. The maximum Gasteiger partial charge on any atom is 0.429 e. The quantitative estimate of drug-likeness (QED) is 0.618. The average molecular weight is 403 g/mol. The number of hydrogen-bond acceptors (Lipinski definition) is 4. The molecule has 1 unspecified atom stereocenters. The van der Waals surface area contributed by atoms with E-state index in [0.29, 0.717) is 5.69 Å². The monoisotopic (exact) mass is 402 g/mol. The van der Waals surface area contributed by atoms with Crippen LogP contribution < -0.4 is 4.74 Å². The lowest BCUT2D eigenvalue weighted by atomic mass is 10.1. The molecule has 3 rings (SSSR count). The number of alkyl halides is 3. The van der Waals surface area contributed by atoms with Crippen LogP contribution in [0.3, 0.4) is 0 Å². The van der Waals surface area contributed by atoms with Gasteiger partial charge in [0.2, 0.25) is 12.0 Å². The average Bonchev–Trinajstić information content (AvgIpc) is 2.98. The zero-order valence-electron chi connectivity index (χ0n) is 13.2. The fourth-order valence-corrected chi connectivity index (χ4v) is 2.60. The summed E-state index contributed by atoms with van der Waals surface area (Å²) in [6.45, 7) is 1.72. The van der Waals surface area contributed by atoms with Crippen molar-refractivity contribution in [2.75, 3.05) is 0 Å². The van der Waals surface area contributed by atoms with Gasteiger partial charge in [-0.25, -0.2) is 4.68 Å². The standard InChI is InChI=1S/C16H11Cl2F3N4O/c1-9-4-5-25(24-9)13-6-10(17)2-3-12(13)15(16(19,20)21)26-14-7-11(18)8-22-23-14/h2-8,15H,1H3. The molecule has 0 aliphatic carbocycles. The Morgan fingerprint density at radius 3 is 2.50 bits per heavy atom. The van der Waals surface area contributed by atoms with E-state index in [0.717, 1.165) is 6.07 Å². The van der Waals surface area contributed by atoms with Crippen molar-refractivity contribution in [2.24, 2.45) is 0 Å². The molecule has 10 heteroatoms. The van der Waals surface area contributed by atoms with Crippen LogP contribution in [0.2, 0.25) is 10.0 Å². The molecule has 0 radical (unpaired) electrons. The molecular weight excluding hydrogens is 392 g/mol. The minimum Gasteiger partial charge on any atom is -0.459 e. The van der Waals surface area contributed by atoms with Gasteiger partial charge in [0.05, 0.1) is 22.6 Å². The van der Waals surface area contributed by atoms with E-state index in [9.17, 15) is 13.2 Å². The molecule has 0 aliphatic heterocycles. The summed E-state index contributed by atoms with van der Waals surface area (Å²) in [4.78, 5) is 0. The van der Waals surface area contributed by atoms with Crippen LogP contribution in [0.15, 0.2) is 42.7 Å². The van der Waals surface area contributed by atoms with Gasteiger partial charge in [0.1, 0.15) is 0 Å². The van der Waals surface area contributed by atoms with Crippen molar-refractivity contribution < 1.29 is 17.9 Å². The minimum atomic E-state index is -4.73. The SMILES string of the molecule is Cc1ccn(-c2cc(Cl)ccc2C(Oc2cc(Cl)cnn2)C(F)(F)F)n1. The molecule has 0 bridgehead atoms. The van der Waals surface area contributed by atoms with E-state index in [1.807, 2.05) is 0 Å². The Labute approximate surface area is 156 Å². The zero-order chi connectivity index (χ0) is 18.9. The summed E-state index contributed by atoms with van der Waals surface area (Å²) in [7, 11) is 0. The molecule has 0 fully saturated rings. The second kappa shape index (κ2) is 7.13. The zero-order valence-corrected chi connectivity index (χ0v) is 14.7. The summed E-state index contributed by atoms with van der Waals surface area (Å²) in [5.74, 6) is -0.350. The maximum absolute atomic E-state index is 13.7. The van der Waals surface area contributed by atoms with Gasteiger partial charge in [0.15, 0.2) is 0 Å². The molecular formula is C16H11Cl2F3N4O. The summed E-state index contributed by atoms with van der Waals surface area (Å²) in [5, 5.41) is 11.6. The van der Waals surface area contributed by atoms with Crippen LogP contribution in [0.1, 0.15) is 17.4 Å². The van der Waals surface area contributed by atoms with Crippen molar-refractivity contribution in [1.29, 1.82) is 0 Å². The highest BCUT2D eigenvalue weighted by atomic mass is 35.5. The smallest absolute Gasteiger partial charge is 0.429 e. The van der Waals surface area contributed by atoms with Crippen molar-refractivity contribution in [3.8, 4) is 11.6 Å². The molecule has 5 nitrogen and oxygen atoms in total. The van der Waals surface area contributed by atoms with Gasteiger partial charge < -0.3 is 4.74 Å². The molecule has 0 aliphatic rings. The summed E-state index contributed by atoms with van der Waals surface area (Å²) < 4.78 is 47.6. The molecule has 0 amide bonds. The summed E-state index contributed by atoms with van der Waals surface area (Å²) >= 11 is 11.7. The number of ether oxygens (including phenoxy) is 1. The third kappa shape index (κ3) is 4.08. The maximum atomic E-state index is 13.7. The number of aromatic nitrogens is 4. The molecule has 0 saturated heterocycles. The molecule has 2 heterocycles. The van der Waals surface area contributed by atoms with E-state index in [4.69, 9.17) is 27.9 Å². The fourth-order valence-electron chi connectivity index (χ4n) is 2.30. The number of rotatable bonds is 4. The van der Waals surface area contributed by atoms with E-state index in [-0.39, 0.29) is 27.2 Å². The van der Waals surface area contributed by atoms with E-state index in [1.54, 1.807) is 13.0 Å². The van der Waals surface area contributed by atoms with Gasteiger partial charge in [-0.2, -0.15) is 23.4 Å². The molecule has 3 aromatic rings. The number of benzene rings is 1. The number of nitrogens with zero attached hydrogens (tertiary/aromatic N) is 4. The van der Waals surface area contributed by atoms with Crippen molar-refractivity contribution in [3.63, 3.8) is 0 Å². The third-order valence-corrected chi connectivity index (χ3v) is 3.82. The van der Waals surface area contributed by atoms with Gasteiger partial charge in [0.25, 0.3) is 0 Å². The Morgan fingerprint density at radius 2 is 1.88 bits per heavy atom. The molecule has 0 N–H and O–H groups in total. The molecule has 136 valence electrons.